The Hall–Kier alpha value is 1.12. The Labute approximate surface area is 57.7 Å². The molecule has 0 aliphatic rings. The molecule has 0 rings (SSSR count). The van der Waals surface area contributed by atoms with Gasteiger partial charge in [0, 0.05) is 5.15 Å². The molecule has 0 radical (unpaired) electrons. The first-order valence-electron chi connectivity index (χ1n) is 0.309. The summed E-state index contributed by atoms with van der Waals surface area (Å²) >= 11 is 0. The van der Waals surface area contributed by atoms with E-state index in [1.165, 1.54) is 5.15 Å². The van der Waals surface area contributed by atoms with Crippen LogP contribution in [0.5, 0.6) is 0 Å². The second-order valence-electron chi connectivity index (χ2n) is 0.0583. The zero-order valence-corrected chi connectivity index (χ0v) is 3.29. The van der Waals surface area contributed by atoms with Crippen molar-refractivity contribution >= 4 is 40.4 Å². The summed E-state index contributed by atoms with van der Waals surface area (Å²) in [6.07, 6.45) is 0. The van der Waals surface area contributed by atoms with Gasteiger partial charge in [-0.05, 0) is 9.05 Å². The molecule has 0 unspecified atom stereocenters. The number of rotatable bonds is 0. The van der Waals surface area contributed by atoms with Crippen molar-refractivity contribution in [1.29, 1.82) is 0 Å². The first-order chi connectivity index (χ1) is 1.41. The molecule has 0 N–H and O–H groups in total. The van der Waals surface area contributed by atoms with Crippen molar-refractivity contribution in [3.05, 3.63) is 0 Å². The van der Waals surface area contributed by atoms with Crippen LogP contribution in [0.1, 0.15) is 2.85 Å². The summed E-state index contributed by atoms with van der Waals surface area (Å²) in [6.45, 7) is 0. The molecular formula is H5AlF2MgO. The molecule has 0 atom stereocenters. The van der Waals surface area contributed by atoms with Crippen LogP contribution >= 0.6 is 0 Å². The van der Waals surface area contributed by atoms with Gasteiger partial charge in [0.15, 0.2) is 17.4 Å². The zero-order valence-electron chi connectivity index (χ0n) is 3.87. The molecular weight excluding hydrogens is 105 g/mol. The van der Waals surface area contributed by atoms with E-state index in [2.05, 4.69) is 0 Å². The van der Waals surface area contributed by atoms with Crippen LogP contribution in [0.15, 0.2) is 0 Å². The van der Waals surface area contributed by atoms with Crippen LogP contribution in [0.4, 0.5) is 9.05 Å². The van der Waals surface area contributed by atoms with Gasteiger partial charge in [0.1, 0.15) is 0 Å². The molecule has 0 bridgehead atoms. The van der Waals surface area contributed by atoms with E-state index in [1.54, 1.807) is 0 Å². The Balaban J connectivity index is -0.00000000333. The Morgan fingerprint density at radius 1 is 1.40 bits per heavy atom. The topological polar surface area (TPSA) is 9.23 Å². The molecule has 30 valence electrons. The summed E-state index contributed by atoms with van der Waals surface area (Å²) in [5.74, 6) is 0. The minimum Gasteiger partial charge on any atom is -1.00 e. The fraction of sp³-hybridized carbons (Fsp3) is 0. The molecule has 0 aromatic rings. The van der Waals surface area contributed by atoms with Crippen molar-refractivity contribution in [1.82, 2.24) is 0 Å². The Kier molecular flexibility index (Phi) is 63.8. The summed E-state index contributed by atoms with van der Waals surface area (Å²) in [6, 6.07) is 0. The summed E-state index contributed by atoms with van der Waals surface area (Å²) in [4.78, 5) is 0. The van der Waals surface area contributed by atoms with E-state index in [1.807, 2.05) is 0 Å². The Morgan fingerprint density at radius 2 is 1.40 bits per heavy atom. The van der Waals surface area contributed by atoms with Crippen LogP contribution in [0.3, 0.4) is 0 Å². The normalized spacial score (nSPS) is 3.60. The van der Waals surface area contributed by atoms with Gasteiger partial charge in [0.2, 0.25) is 0 Å². The summed E-state index contributed by atoms with van der Waals surface area (Å²) < 4.78 is 18.2. The number of hydrogen-bond acceptors (Lipinski definition) is 1. The second-order valence-corrected chi connectivity index (χ2v) is 0.0583. The zero-order chi connectivity index (χ0) is 2.71. The molecule has 0 spiro atoms. The molecule has 5 heavy (non-hydrogen) atoms. The smallest absolute Gasteiger partial charge is 1.00 e. The molecule has 0 fully saturated rings. The number of hydrogen-bond donors (Lipinski definition) is 0. The van der Waals surface area contributed by atoms with Crippen LogP contribution < -0.4 is 0 Å². The fourth-order valence-corrected chi connectivity index (χ4v) is 0. The quantitative estimate of drug-likeness (QED) is 0.380. The van der Waals surface area contributed by atoms with Crippen molar-refractivity contribution in [2.45, 2.75) is 0 Å². The third-order valence-electron chi connectivity index (χ3n) is 0. The molecule has 0 aromatic heterocycles. The van der Waals surface area contributed by atoms with Crippen LogP contribution in [0.2, 0.25) is 0 Å². The maximum Gasteiger partial charge on any atom is 2.00 e. The first-order valence-corrected chi connectivity index (χ1v) is 0.309. The first kappa shape index (κ1) is 16.5. The van der Waals surface area contributed by atoms with E-state index in [-0.39, 0.29) is 43.3 Å². The largest absolute Gasteiger partial charge is 2.00 e. The van der Waals surface area contributed by atoms with Crippen LogP contribution in [-0.4, -0.2) is 40.4 Å². The van der Waals surface area contributed by atoms with E-state index in [0.29, 0.717) is 0 Å². The Bertz CT molecular complexity index is 15.7. The number of halogens is 2. The molecule has 0 saturated heterocycles. The molecule has 1 nitrogen and oxygen atoms in total. The fourth-order valence-electron chi connectivity index (χ4n) is 0. The summed E-state index contributed by atoms with van der Waals surface area (Å²) in [5.41, 5.74) is 0. The average Bonchev–Trinajstić information content (AvgIpc) is 0.918. The maximum atomic E-state index is 9.12. The van der Waals surface area contributed by atoms with Crippen molar-refractivity contribution in [3.8, 4) is 0 Å². The molecule has 0 aromatic carbocycles. The predicted octanol–water partition coefficient (Wildman–Crippen LogP) is -0.568. The van der Waals surface area contributed by atoms with Crippen LogP contribution in [-0.2, 0) is 5.15 Å². The van der Waals surface area contributed by atoms with Crippen molar-refractivity contribution in [2.75, 3.05) is 0 Å². The van der Waals surface area contributed by atoms with E-state index < -0.39 is 0 Å². The van der Waals surface area contributed by atoms with Gasteiger partial charge in [-0.3, -0.25) is 0 Å². The molecule has 0 aliphatic carbocycles. The van der Waals surface area contributed by atoms with Gasteiger partial charge in [-0.25, -0.2) is 0 Å². The van der Waals surface area contributed by atoms with Crippen molar-refractivity contribution in [3.63, 3.8) is 0 Å². The van der Waals surface area contributed by atoms with Gasteiger partial charge >= 0.3 is 23.1 Å². The Morgan fingerprint density at radius 3 is 1.40 bits per heavy atom. The van der Waals surface area contributed by atoms with E-state index >= 15 is 0 Å². The van der Waals surface area contributed by atoms with Gasteiger partial charge in [0.25, 0.3) is 0 Å². The third-order valence-corrected chi connectivity index (χ3v) is 0. The molecule has 0 heterocycles. The molecule has 5 heteroatoms. The molecule has 0 saturated carbocycles. The summed E-state index contributed by atoms with van der Waals surface area (Å²) in [5, 5.41) is 1.25. The standard InChI is InChI=1S/Al.F2O.Mg.5H/c;1-3-2;;;;;;/q;;+2;;;;2*-1. The maximum absolute atomic E-state index is 9.12. The monoisotopic (exact) mass is 110 g/mol. The van der Waals surface area contributed by atoms with Gasteiger partial charge in [0.05, 0.1) is 0 Å². The van der Waals surface area contributed by atoms with Gasteiger partial charge in [-0.15, -0.1) is 0 Å². The second kappa shape index (κ2) is 19.3. The molecule has 0 aliphatic heterocycles. The van der Waals surface area contributed by atoms with Gasteiger partial charge in [-0.2, -0.15) is 0 Å². The predicted molar refractivity (Wildman–Crippen MR) is 21.2 cm³/mol. The molecule has 0 amide bonds. The SMILES string of the molecule is FOF.[AlH3].[H-].[H-].[Mg+2]. The van der Waals surface area contributed by atoms with Gasteiger partial charge < -0.3 is 2.85 Å². The van der Waals surface area contributed by atoms with Crippen LogP contribution in [0.25, 0.3) is 0 Å². The summed E-state index contributed by atoms with van der Waals surface area (Å²) in [7, 11) is 0. The van der Waals surface area contributed by atoms with Crippen molar-refractivity contribution < 1.29 is 17.1 Å². The van der Waals surface area contributed by atoms with Crippen LogP contribution in [0, 0.1) is 0 Å². The minimum atomic E-state index is 0. The average molecular weight is 110 g/mol. The third kappa shape index (κ3) is 39.8. The van der Waals surface area contributed by atoms with Gasteiger partial charge in [-0.1, -0.05) is 0 Å². The minimum absolute atomic E-state index is 0. The van der Waals surface area contributed by atoms with E-state index in [9.17, 15) is 0 Å². The van der Waals surface area contributed by atoms with E-state index in [0.717, 1.165) is 0 Å². The van der Waals surface area contributed by atoms with E-state index in [4.69, 9.17) is 9.05 Å². The van der Waals surface area contributed by atoms with Crippen molar-refractivity contribution in [2.24, 2.45) is 0 Å².